The summed E-state index contributed by atoms with van der Waals surface area (Å²) >= 11 is 0. The van der Waals surface area contributed by atoms with E-state index in [2.05, 4.69) is 0 Å². The van der Waals surface area contributed by atoms with Crippen LogP contribution in [-0.4, -0.2) is 18.4 Å². The van der Waals surface area contributed by atoms with E-state index < -0.39 is 0 Å². The molecule has 3 heteroatoms. The molecular formula is C13H16O3. The zero-order valence-corrected chi connectivity index (χ0v) is 9.44. The number of ether oxygens (including phenoxy) is 1. The molecule has 0 saturated carbocycles. The van der Waals surface area contributed by atoms with Gasteiger partial charge in [-0.25, -0.2) is 0 Å². The van der Waals surface area contributed by atoms with Crippen LogP contribution in [0.25, 0.3) is 0 Å². The van der Waals surface area contributed by atoms with Crippen LogP contribution in [0.3, 0.4) is 0 Å². The Balaban J connectivity index is 2.41. The van der Waals surface area contributed by atoms with Crippen molar-refractivity contribution >= 4 is 11.8 Å². The van der Waals surface area contributed by atoms with Crippen molar-refractivity contribution in [3.63, 3.8) is 0 Å². The molecule has 0 fully saturated rings. The number of Topliss-reactive ketones (excluding diaryl/α,β-unsaturated/α-hetero) is 1. The van der Waals surface area contributed by atoms with Crippen LogP contribution in [0.5, 0.6) is 0 Å². The van der Waals surface area contributed by atoms with Gasteiger partial charge in [0.2, 0.25) is 0 Å². The summed E-state index contributed by atoms with van der Waals surface area (Å²) in [6.07, 6.45) is 11.1. The number of ketones is 1. The highest BCUT2D eigenvalue weighted by Crippen LogP contribution is 2.06. The zero-order valence-electron chi connectivity index (χ0n) is 9.44. The molecule has 0 saturated heterocycles. The average Bonchev–Trinajstić information content (AvgIpc) is 2.55. The third kappa shape index (κ3) is 4.26. The predicted molar refractivity (Wildman–Crippen MR) is 61.9 cm³/mol. The second-order valence-corrected chi connectivity index (χ2v) is 3.52. The Bertz CT molecular complexity index is 348. The molecule has 0 heterocycles. The van der Waals surface area contributed by atoms with Gasteiger partial charge in [0.25, 0.3) is 0 Å². The van der Waals surface area contributed by atoms with Crippen molar-refractivity contribution in [1.29, 1.82) is 0 Å². The Morgan fingerprint density at radius 2 is 2.19 bits per heavy atom. The maximum Gasteiger partial charge on any atom is 0.306 e. The minimum absolute atomic E-state index is 0.149. The van der Waals surface area contributed by atoms with Crippen molar-refractivity contribution in [3.05, 3.63) is 36.0 Å². The van der Waals surface area contributed by atoms with Crippen molar-refractivity contribution in [3.8, 4) is 0 Å². The van der Waals surface area contributed by atoms with E-state index >= 15 is 0 Å². The van der Waals surface area contributed by atoms with Gasteiger partial charge in [0, 0.05) is 12.0 Å². The average molecular weight is 220 g/mol. The third-order valence-corrected chi connectivity index (χ3v) is 2.14. The van der Waals surface area contributed by atoms with Crippen LogP contribution in [0.15, 0.2) is 36.0 Å². The van der Waals surface area contributed by atoms with E-state index in [0.29, 0.717) is 12.0 Å². The van der Waals surface area contributed by atoms with Crippen LogP contribution in [0.4, 0.5) is 0 Å². The minimum Gasteiger partial charge on any atom is -0.457 e. The molecule has 0 aromatic heterocycles. The molecule has 3 nitrogen and oxygen atoms in total. The lowest BCUT2D eigenvalue weighted by molar-refractivity contribution is -0.147. The summed E-state index contributed by atoms with van der Waals surface area (Å²) in [6.45, 7) is 1.74. The molecule has 0 amide bonds. The third-order valence-electron chi connectivity index (χ3n) is 2.14. The second-order valence-electron chi connectivity index (χ2n) is 3.52. The van der Waals surface area contributed by atoms with Gasteiger partial charge in [-0.05, 0) is 12.8 Å². The molecule has 0 aromatic rings. The van der Waals surface area contributed by atoms with Gasteiger partial charge in [-0.3, -0.25) is 9.59 Å². The second kappa shape index (κ2) is 6.77. The number of carbonyl (C=O) groups is 2. The van der Waals surface area contributed by atoms with Gasteiger partial charge in [0.1, 0.15) is 0 Å². The molecule has 0 bridgehead atoms. The Morgan fingerprint density at radius 1 is 1.38 bits per heavy atom. The van der Waals surface area contributed by atoms with Gasteiger partial charge < -0.3 is 4.74 Å². The topological polar surface area (TPSA) is 43.4 Å². The zero-order chi connectivity index (χ0) is 11.8. The molecule has 0 aromatic carbocycles. The number of rotatable bonds is 5. The van der Waals surface area contributed by atoms with Gasteiger partial charge in [-0.15, -0.1) is 0 Å². The maximum atomic E-state index is 11.6. The van der Waals surface area contributed by atoms with Crippen LogP contribution in [0.1, 0.15) is 26.2 Å². The monoisotopic (exact) mass is 220 g/mol. The highest BCUT2D eigenvalue weighted by atomic mass is 16.5. The summed E-state index contributed by atoms with van der Waals surface area (Å²) in [5.41, 5.74) is 0.606. The summed E-state index contributed by atoms with van der Waals surface area (Å²) in [4.78, 5) is 22.7. The lowest BCUT2D eigenvalue weighted by Gasteiger charge is -2.03. The van der Waals surface area contributed by atoms with Crippen molar-refractivity contribution in [1.82, 2.24) is 0 Å². The fourth-order valence-electron chi connectivity index (χ4n) is 1.29. The van der Waals surface area contributed by atoms with E-state index in [-0.39, 0.29) is 18.4 Å². The Labute approximate surface area is 95.5 Å². The van der Waals surface area contributed by atoms with E-state index in [0.717, 1.165) is 12.8 Å². The Hall–Kier alpha value is -1.64. The van der Waals surface area contributed by atoms with Crippen molar-refractivity contribution in [2.24, 2.45) is 0 Å². The molecule has 0 spiro atoms. The van der Waals surface area contributed by atoms with Crippen molar-refractivity contribution in [2.45, 2.75) is 26.2 Å². The first-order chi connectivity index (χ1) is 7.74. The van der Waals surface area contributed by atoms with Gasteiger partial charge in [0.15, 0.2) is 12.4 Å². The van der Waals surface area contributed by atoms with Gasteiger partial charge in [-0.1, -0.05) is 37.3 Å². The fraction of sp³-hybridized carbons (Fsp3) is 0.385. The summed E-state index contributed by atoms with van der Waals surface area (Å²) in [6, 6.07) is 0. The first-order valence-electron chi connectivity index (χ1n) is 5.46. The molecule has 0 unspecified atom stereocenters. The van der Waals surface area contributed by atoms with Crippen molar-refractivity contribution < 1.29 is 14.3 Å². The van der Waals surface area contributed by atoms with Crippen LogP contribution in [-0.2, 0) is 14.3 Å². The summed E-state index contributed by atoms with van der Waals surface area (Å²) in [5, 5.41) is 0. The van der Waals surface area contributed by atoms with Gasteiger partial charge in [0.05, 0.1) is 0 Å². The molecule has 16 heavy (non-hydrogen) atoms. The number of hydrogen-bond donors (Lipinski definition) is 0. The molecule has 86 valence electrons. The molecule has 0 aliphatic heterocycles. The number of allylic oxidation sites excluding steroid dienone is 5. The molecule has 0 atom stereocenters. The van der Waals surface area contributed by atoms with Gasteiger partial charge in [-0.2, -0.15) is 0 Å². The van der Waals surface area contributed by atoms with E-state index in [1.165, 1.54) is 0 Å². The Kier molecular flexibility index (Phi) is 5.26. The normalized spacial score (nSPS) is 14.2. The molecular weight excluding hydrogens is 204 g/mol. The van der Waals surface area contributed by atoms with Crippen LogP contribution in [0.2, 0.25) is 0 Å². The largest absolute Gasteiger partial charge is 0.457 e. The maximum absolute atomic E-state index is 11.6. The standard InChI is InChI=1S/C13H16O3/c1-2-7-13(15)16-10-12(14)11-8-5-3-4-6-9-11/h3-5,8-9H,2,6-7,10H2,1H3. The van der Waals surface area contributed by atoms with E-state index in [9.17, 15) is 9.59 Å². The predicted octanol–water partition coefficient (Wildman–Crippen LogP) is 2.34. The van der Waals surface area contributed by atoms with E-state index in [1.54, 1.807) is 6.08 Å². The first-order valence-corrected chi connectivity index (χ1v) is 5.46. The summed E-state index contributed by atoms with van der Waals surface area (Å²) < 4.78 is 4.85. The lowest BCUT2D eigenvalue weighted by atomic mass is 10.1. The highest BCUT2D eigenvalue weighted by Gasteiger charge is 2.10. The minimum atomic E-state index is -0.313. The molecule has 0 N–H and O–H groups in total. The number of hydrogen-bond acceptors (Lipinski definition) is 3. The number of carbonyl (C=O) groups excluding carboxylic acids is 2. The van der Waals surface area contributed by atoms with E-state index in [4.69, 9.17) is 4.74 Å². The van der Waals surface area contributed by atoms with Crippen LogP contribution >= 0.6 is 0 Å². The molecule has 1 aliphatic rings. The highest BCUT2D eigenvalue weighted by molar-refractivity contribution is 5.99. The fourth-order valence-corrected chi connectivity index (χ4v) is 1.29. The smallest absolute Gasteiger partial charge is 0.306 e. The van der Waals surface area contributed by atoms with Gasteiger partial charge >= 0.3 is 5.97 Å². The van der Waals surface area contributed by atoms with Crippen LogP contribution in [0, 0.1) is 0 Å². The van der Waals surface area contributed by atoms with Crippen LogP contribution < -0.4 is 0 Å². The van der Waals surface area contributed by atoms with E-state index in [1.807, 2.05) is 31.2 Å². The Morgan fingerprint density at radius 3 is 2.94 bits per heavy atom. The molecule has 0 radical (unpaired) electrons. The van der Waals surface area contributed by atoms with Crippen molar-refractivity contribution in [2.75, 3.05) is 6.61 Å². The summed E-state index contributed by atoms with van der Waals surface area (Å²) in [5.74, 6) is -0.462. The molecule has 1 rings (SSSR count). The quantitative estimate of drug-likeness (QED) is 0.668. The summed E-state index contributed by atoms with van der Waals surface area (Å²) in [7, 11) is 0. The molecule has 1 aliphatic carbocycles. The lowest BCUT2D eigenvalue weighted by Crippen LogP contribution is -2.14. The number of esters is 1. The SMILES string of the molecule is CCCC(=O)OCC(=O)C1=CCC=CC=C1. The first kappa shape index (κ1) is 12.4.